The molecule has 0 radical (unpaired) electrons. The van der Waals surface area contributed by atoms with Crippen LogP contribution in [0.3, 0.4) is 0 Å². The summed E-state index contributed by atoms with van der Waals surface area (Å²) < 4.78 is 10.9. The summed E-state index contributed by atoms with van der Waals surface area (Å²) >= 11 is 0. The summed E-state index contributed by atoms with van der Waals surface area (Å²) in [6.45, 7) is 3.21. The maximum Gasteiger partial charge on any atom is 0.303 e. The first-order valence-corrected chi connectivity index (χ1v) is 5.67. The summed E-state index contributed by atoms with van der Waals surface area (Å²) in [5.74, 6) is 0.0707. The molecule has 0 N–H and O–H groups in total. The van der Waals surface area contributed by atoms with E-state index < -0.39 is 6.10 Å². The molecule has 0 fully saturated rings. The van der Waals surface area contributed by atoms with Crippen molar-refractivity contribution >= 4 is 11.9 Å². The molecule has 0 aliphatic carbocycles. The zero-order valence-corrected chi connectivity index (χ0v) is 10.5. The molecule has 0 spiro atoms. The molecule has 0 bridgehead atoms. The van der Waals surface area contributed by atoms with E-state index in [2.05, 4.69) is 5.16 Å². The smallest absolute Gasteiger partial charge is 0.303 e. The molecule has 1 aliphatic heterocycles. The number of esters is 1. The fraction of sp³-hybridized carbons (Fsp3) is 0.385. The van der Waals surface area contributed by atoms with E-state index >= 15 is 0 Å². The van der Waals surface area contributed by atoms with Crippen molar-refractivity contribution in [3.05, 3.63) is 35.4 Å². The molecule has 0 aromatic heterocycles. The number of hydrogen-bond donors (Lipinski definition) is 0. The Morgan fingerprint density at radius 1 is 1.39 bits per heavy atom. The predicted octanol–water partition coefficient (Wildman–Crippen LogP) is 2.02. The molecule has 1 aromatic carbocycles. The van der Waals surface area contributed by atoms with Crippen molar-refractivity contribution in [2.75, 3.05) is 7.11 Å². The van der Waals surface area contributed by atoms with Gasteiger partial charge in [-0.2, -0.15) is 0 Å². The maximum absolute atomic E-state index is 11.1. The van der Waals surface area contributed by atoms with Gasteiger partial charge in [-0.25, -0.2) is 0 Å². The van der Waals surface area contributed by atoms with E-state index in [9.17, 15) is 4.79 Å². The average molecular weight is 249 g/mol. The zero-order valence-electron chi connectivity index (χ0n) is 10.5. The van der Waals surface area contributed by atoms with Gasteiger partial charge in [0.05, 0.1) is 0 Å². The number of carbonyl (C=O) groups is 1. The van der Waals surface area contributed by atoms with Crippen molar-refractivity contribution < 1.29 is 19.1 Å². The highest BCUT2D eigenvalue weighted by atomic mass is 16.6. The molecule has 18 heavy (non-hydrogen) atoms. The van der Waals surface area contributed by atoms with Crippen LogP contribution in [0.5, 0.6) is 0 Å². The summed E-state index contributed by atoms with van der Waals surface area (Å²) in [5, 5.41) is 3.84. The van der Waals surface area contributed by atoms with Crippen LogP contribution in [-0.4, -0.2) is 25.1 Å². The van der Waals surface area contributed by atoms with Gasteiger partial charge in [-0.1, -0.05) is 18.2 Å². The standard InChI is InChI=1S/C13H15NO4/c1-8-12(18-9(2)15)10-6-4-5-7-11(10)13(17-8)14-16-3/h4-8,12H,1-3H3/b14-13-/t8-,12+/m0/s1. The number of oxime groups is 1. The molecule has 1 aromatic rings. The van der Waals surface area contributed by atoms with Crippen LogP contribution in [0.1, 0.15) is 31.1 Å². The minimum Gasteiger partial charge on any atom is -0.468 e. The van der Waals surface area contributed by atoms with Crippen LogP contribution in [0.4, 0.5) is 0 Å². The largest absolute Gasteiger partial charge is 0.468 e. The van der Waals surface area contributed by atoms with E-state index in [0.29, 0.717) is 5.90 Å². The first-order valence-electron chi connectivity index (χ1n) is 5.67. The van der Waals surface area contributed by atoms with Gasteiger partial charge in [0, 0.05) is 18.1 Å². The molecular formula is C13H15NO4. The van der Waals surface area contributed by atoms with Crippen molar-refractivity contribution in [3.8, 4) is 0 Å². The van der Waals surface area contributed by atoms with E-state index in [0.717, 1.165) is 11.1 Å². The van der Waals surface area contributed by atoms with Crippen molar-refractivity contribution in [1.82, 2.24) is 0 Å². The van der Waals surface area contributed by atoms with Gasteiger partial charge in [0.25, 0.3) is 5.90 Å². The quantitative estimate of drug-likeness (QED) is 0.594. The molecule has 1 aliphatic rings. The number of hydrogen-bond acceptors (Lipinski definition) is 5. The minimum absolute atomic E-state index is 0.308. The first kappa shape index (κ1) is 12.4. The average Bonchev–Trinajstić information content (AvgIpc) is 2.34. The second-order valence-electron chi connectivity index (χ2n) is 4.02. The highest BCUT2D eigenvalue weighted by molar-refractivity contribution is 5.96. The topological polar surface area (TPSA) is 57.1 Å². The Morgan fingerprint density at radius 3 is 2.78 bits per heavy atom. The third-order valence-electron chi connectivity index (χ3n) is 2.69. The molecule has 0 unspecified atom stereocenters. The van der Waals surface area contributed by atoms with Crippen LogP contribution < -0.4 is 0 Å². The second-order valence-corrected chi connectivity index (χ2v) is 4.02. The number of fused-ring (bicyclic) bond motifs is 1. The molecule has 0 amide bonds. The lowest BCUT2D eigenvalue weighted by Gasteiger charge is -2.31. The third-order valence-corrected chi connectivity index (χ3v) is 2.69. The Bertz CT molecular complexity index is 484. The fourth-order valence-electron chi connectivity index (χ4n) is 1.99. The van der Waals surface area contributed by atoms with Gasteiger partial charge in [-0.15, -0.1) is 0 Å². The Kier molecular flexibility index (Phi) is 3.50. The molecule has 1 heterocycles. The molecule has 5 nitrogen and oxygen atoms in total. The summed E-state index contributed by atoms with van der Waals surface area (Å²) in [4.78, 5) is 15.9. The van der Waals surface area contributed by atoms with E-state index in [4.69, 9.17) is 14.3 Å². The SMILES string of the molecule is CO/N=C1\O[C@@H](C)[C@@H](OC(C)=O)c2ccccc21. The molecule has 5 heteroatoms. The zero-order chi connectivity index (χ0) is 13.1. The lowest BCUT2D eigenvalue weighted by molar-refractivity contribution is -0.152. The van der Waals surface area contributed by atoms with Crippen LogP contribution in [0.15, 0.2) is 29.4 Å². The van der Waals surface area contributed by atoms with E-state index in [-0.39, 0.29) is 12.1 Å². The Hall–Kier alpha value is -2.04. The van der Waals surface area contributed by atoms with Crippen LogP contribution in [0, 0.1) is 0 Å². The summed E-state index contributed by atoms with van der Waals surface area (Å²) in [7, 11) is 1.46. The van der Waals surface area contributed by atoms with Crippen LogP contribution in [-0.2, 0) is 19.1 Å². The Morgan fingerprint density at radius 2 is 2.11 bits per heavy atom. The van der Waals surface area contributed by atoms with Crippen molar-refractivity contribution in [1.29, 1.82) is 0 Å². The second kappa shape index (κ2) is 5.08. The lowest BCUT2D eigenvalue weighted by Crippen LogP contribution is -2.33. The van der Waals surface area contributed by atoms with Gasteiger partial charge in [0.15, 0.2) is 6.10 Å². The summed E-state index contributed by atoms with van der Waals surface area (Å²) in [6, 6.07) is 7.51. The predicted molar refractivity (Wildman–Crippen MR) is 65.0 cm³/mol. The monoisotopic (exact) mass is 249 g/mol. The highest BCUT2D eigenvalue weighted by Gasteiger charge is 2.34. The highest BCUT2D eigenvalue weighted by Crippen LogP contribution is 2.32. The van der Waals surface area contributed by atoms with Gasteiger partial charge in [0.1, 0.15) is 13.2 Å². The number of ether oxygens (including phenoxy) is 2. The molecule has 0 saturated carbocycles. The molecule has 96 valence electrons. The van der Waals surface area contributed by atoms with E-state index in [1.807, 2.05) is 31.2 Å². The fourth-order valence-corrected chi connectivity index (χ4v) is 1.99. The normalized spacial score (nSPS) is 24.1. The Labute approximate surface area is 105 Å². The number of nitrogens with zero attached hydrogens (tertiary/aromatic N) is 1. The Balaban J connectivity index is 2.44. The van der Waals surface area contributed by atoms with Crippen LogP contribution in [0.2, 0.25) is 0 Å². The lowest BCUT2D eigenvalue weighted by atomic mass is 9.96. The number of benzene rings is 1. The van der Waals surface area contributed by atoms with E-state index in [1.165, 1.54) is 14.0 Å². The van der Waals surface area contributed by atoms with Gasteiger partial charge in [0.2, 0.25) is 0 Å². The van der Waals surface area contributed by atoms with Gasteiger partial charge < -0.3 is 14.3 Å². The molecule has 2 atom stereocenters. The first-order chi connectivity index (χ1) is 8.63. The van der Waals surface area contributed by atoms with Crippen molar-refractivity contribution in [3.63, 3.8) is 0 Å². The van der Waals surface area contributed by atoms with Gasteiger partial charge >= 0.3 is 5.97 Å². The molecular weight excluding hydrogens is 234 g/mol. The van der Waals surface area contributed by atoms with Crippen LogP contribution in [0.25, 0.3) is 0 Å². The summed E-state index contributed by atoms with van der Waals surface area (Å²) in [6.07, 6.45) is -0.729. The minimum atomic E-state index is -0.422. The number of carbonyl (C=O) groups excluding carboxylic acids is 1. The molecule has 2 rings (SSSR count). The van der Waals surface area contributed by atoms with Crippen molar-refractivity contribution in [2.24, 2.45) is 5.16 Å². The van der Waals surface area contributed by atoms with Gasteiger partial charge in [-0.3, -0.25) is 4.79 Å². The maximum atomic E-state index is 11.1. The number of rotatable bonds is 2. The summed E-state index contributed by atoms with van der Waals surface area (Å²) in [5.41, 5.74) is 1.66. The van der Waals surface area contributed by atoms with E-state index in [1.54, 1.807) is 0 Å². The molecule has 0 saturated heterocycles. The van der Waals surface area contributed by atoms with Crippen LogP contribution >= 0.6 is 0 Å². The van der Waals surface area contributed by atoms with Gasteiger partial charge in [-0.05, 0) is 18.1 Å². The van der Waals surface area contributed by atoms with Crippen molar-refractivity contribution in [2.45, 2.75) is 26.1 Å². The third kappa shape index (κ3) is 2.30.